The number of halogens is 3. The van der Waals surface area contributed by atoms with E-state index in [-0.39, 0.29) is 22.9 Å². The smallest absolute Gasteiger partial charge is 0.272 e. The average Bonchev–Trinajstić information content (AvgIpc) is 3.65. The molecule has 0 bridgehead atoms. The molecule has 190 valence electrons. The normalized spacial score (nSPS) is 17.3. The third-order valence-corrected chi connectivity index (χ3v) is 9.88. The average molecular weight is 568 g/mol. The molecular weight excluding hydrogens is 543 g/mol. The van der Waals surface area contributed by atoms with E-state index in [4.69, 9.17) is 34.8 Å². The van der Waals surface area contributed by atoms with Gasteiger partial charge in [0.2, 0.25) is 10.0 Å². The van der Waals surface area contributed by atoms with Crippen molar-refractivity contribution in [2.75, 3.05) is 13.1 Å². The van der Waals surface area contributed by atoms with Gasteiger partial charge in [-0.25, -0.2) is 17.4 Å². The first-order valence-corrected chi connectivity index (χ1v) is 14.4. The van der Waals surface area contributed by atoms with E-state index in [0.29, 0.717) is 57.9 Å². The minimum atomic E-state index is -3.20. The molecule has 0 spiro atoms. The summed E-state index contributed by atoms with van der Waals surface area (Å²) in [5.41, 5.74) is 3.10. The molecule has 1 amide bonds. The highest BCUT2D eigenvalue weighted by Crippen LogP contribution is 2.34. The second-order valence-electron chi connectivity index (χ2n) is 9.23. The van der Waals surface area contributed by atoms with Gasteiger partial charge in [-0.1, -0.05) is 46.9 Å². The van der Waals surface area contributed by atoms with Crippen LogP contribution in [-0.2, 0) is 10.0 Å². The molecule has 1 aliphatic heterocycles. The molecule has 11 heteroatoms. The molecular formula is C25H25Cl3N4O3S. The Labute approximate surface area is 225 Å². The lowest BCUT2D eigenvalue weighted by molar-refractivity contribution is 0.0917. The van der Waals surface area contributed by atoms with Crippen molar-refractivity contribution >= 4 is 50.7 Å². The number of nitrogens with zero attached hydrogens (tertiary/aromatic N) is 3. The zero-order valence-electron chi connectivity index (χ0n) is 19.5. The first-order chi connectivity index (χ1) is 17.1. The van der Waals surface area contributed by atoms with Gasteiger partial charge >= 0.3 is 0 Å². The summed E-state index contributed by atoms with van der Waals surface area (Å²) in [4.78, 5) is 13.4. The Balaban J connectivity index is 1.42. The highest BCUT2D eigenvalue weighted by molar-refractivity contribution is 7.90. The fraction of sp³-hybridized carbons (Fsp3) is 0.360. The summed E-state index contributed by atoms with van der Waals surface area (Å²) >= 11 is 18.7. The number of hydrogen-bond donors (Lipinski definition) is 1. The Morgan fingerprint density at radius 2 is 1.61 bits per heavy atom. The standard InChI is InChI=1S/C25H25Cl3N4O3S/c1-15-23(25(33)29-19-10-12-31(13-11-19)36(34,35)20-7-8-20)30-32(22-9-6-18(27)14-21(22)28)24(15)16-2-4-17(26)5-3-16/h2-6,9,14,19-20H,7-8,10-13H2,1H3,(H,29,33). The number of amides is 1. The molecule has 2 fully saturated rings. The van der Waals surface area contributed by atoms with Crippen molar-refractivity contribution in [1.82, 2.24) is 19.4 Å². The van der Waals surface area contributed by atoms with Crippen molar-refractivity contribution in [3.63, 3.8) is 0 Å². The van der Waals surface area contributed by atoms with Crippen LogP contribution in [-0.4, -0.2) is 52.8 Å². The molecule has 1 saturated carbocycles. The molecule has 0 unspecified atom stereocenters. The number of carbonyl (C=O) groups is 1. The van der Waals surface area contributed by atoms with Crippen molar-refractivity contribution in [2.24, 2.45) is 0 Å². The van der Waals surface area contributed by atoms with Crippen LogP contribution in [0.3, 0.4) is 0 Å². The molecule has 1 aromatic heterocycles. The first-order valence-electron chi connectivity index (χ1n) is 11.8. The van der Waals surface area contributed by atoms with Crippen molar-refractivity contribution in [1.29, 1.82) is 0 Å². The molecule has 2 aromatic carbocycles. The van der Waals surface area contributed by atoms with Crippen LogP contribution >= 0.6 is 34.8 Å². The third-order valence-electron chi connectivity index (χ3n) is 6.69. The SMILES string of the molecule is Cc1c(C(=O)NC2CCN(S(=O)(=O)C3CC3)CC2)nn(-c2ccc(Cl)cc2Cl)c1-c1ccc(Cl)cc1. The summed E-state index contributed by atoms with van der Waals surface area (Å²) in [6.45, 7) is 2.66. The summed E-state index contributed by atoms with van der Waals surface area (Å²) in [7, 11) is -3.20. The Hall–Kier alpha value is -2.10. The molecule has 1 aliphatic carbocycles. The molecule has 3 aromatic rings. The van der Waals surface area contributed by atoms with E-state index in [0.717, 1.165) is 18.4 Å². The van der Waals surface area contributed by atoms with Gasteiger partial charge in [0.1, 0.15) is 0 Å². The maximum absolute atomic E-state index is 13.4. The van der Waals surface area contributed by atoms with Gasteiger partial charge in [-0.2, -0.15) is 5.10 Å². The van der Waals surface area contributed by atoms with Crippen molar-refractivity contribution in [2.45, 2.75) is 43.9 Å². The van der Waals surface area contributed by atoms with E-state index in [9.17, 15) is 13.2 Å². The number of sulfonamides is 1. The lowest BCUT2D eigenvalue weighted by atomic mass is 10.0. The second-order valence-corrected chi connectivity index (χ2v) is 12.7. The van der Waals surface area contributed by atoms with Crippen LogP contribution in [0, 0.1) is 6.92 Å². The number of aromatic nitrogens is 2. The van der Waals surface area contributed by atoms with E-state index < -0.39 is 10.0 Å². The minimum Gasteiger partial charge on any atom is -0.348 e. The van der Waals surface area contributed by atoms with Crippen LogP contribution in [0.25, 0.3) is 16.9 Å². The van der Waals surface area contributed by atoms with Gasteiger partial charge in [0, 0.05) is 40.3 Å². The van der Waals surface area contributed by atoms with Gasteiger partial charge in [-0.15, -0.1) is 0 Å². The minimum absolute atomic E-state index is 0.134. The number of rotatable bonds is 6. The number of piperidine rings is 1. The Bertz CT molecular complexity index is 1410. The van der Waals surface area contributed by atoms with Gasteiger partial charge in [0.05, 0.1) is 21.7 Å². The highest BCUT2D eigenvalue weighted by Gasteiger charge is 2.41. The van der Waals surface area contributed by atoms with E-state index in [2.05, 4.69) is 10.4 Å². The summed E-state index contributed by atoms with van der Waals surface area (Å²) in [5.74, 6) is -0.310. The Morgan fingerprint density at radius 3 is 2.22 bits per heavy atom. The predicted molar refractivity (Wildman–Crippen MR) is 143 cm³/mol. The largest absolute Gasteiger partial charge is 0.348 e. The van der Waals surface area contributed by atoms with Gasteiger partial charge < -0.3 is 5.32 Å². The fourth-order valence-corrected chi connectivity index (χ4v) is 7.06. The predicted octanol–water partition coefficient (Wildman–Crippen LogP) is 5.49. The molecule has 0 radical (unpaired) electrons. The summed E-state index contributed by atoms with van der Waals surface area (Å²) in [6, 6.07) is 12.3. The molecule has 1 saturated heterocycles. The Morgan fingerprint density at radius 1 is 0.972 bits per heavy atom. The molecule has 2 aliphatic rings. The van der Waals surface area contributed by atoms with Crippen LogP contribution in [0.2, 0.25) is 15.1 Å². The molecule has 0 atom stereocenters. The van der Waals surface area contributed by atoms with Crippen molar-refractivity contribution < 1.29 is 13.2 Å². The number of benzene rings is 2. The van der Waals surface area contributed by atoms with E-state index >= 15 is 0 Å². The second kappa shape index (κ2) is 9.99. The third kappa shape index (κ3) is 5.02. The zero-order chi connectivity index (χ0) is 25.6. The highest BCUT2D eigenvalue weighted by atomic mass is 35.5. The maximum atomic E-state index is 13.4. The molecule has 36 heavy (non-hydrogen) atoms. The summed E-state index contributed by atoms with van der Waals surface area (Å²) in [5, 5.41) is 8.99. The topological polar surface area (TPSA) is 84.3 Å². The van der Waals surface area contributed by atoms with Crippen LogP contribution in [0.15, 0.2) is 42.5 Å². The zero-order valence-corrected chi connectivity index (χ0v) is 22.6. The Kier molecular flexibility index (Phi) is 7.09. The first kappa shape index (κ1) is 25.5. The summed E-state index contributed by atoms with van der Waals surface area (Å²) < 4.78 is 28.3. The van der Waals surface area contributed by atoms with E-state index in [1.807, 2.05) is 19.1 Å². The van der Waals surface area contributed by atoms with Crippen LogP contribution in [0.4, 0.5) is 0 Å². The molecule has 1 N–H and O–H groups in total. The van der Waals surface area contributed by atoms with Crippen molar-refractivity contribution in [3.05, 3.63) is 68.8 Å². The summed E-state index contributed by atoms with van der Waals surface area (Å²) in [6.07, 6.45) is 2.61. The van der Waals surface area contributed by atoms with E-state index in [1.54, 1.807) is 39.3 Å². The van der Waals surface area contributed by atoms with Crippen LogP contribution < -0.4 is 5.32 Å². The van der Waals surface area contributed by atoms with Gasteiger partial charge in [0.15, 0.2) is 5.69 Å². The lowest BCUT2D eigenvalue weighted by Gasteiger charge is -2.31. The van der Waals surface area contributed by atoms with E-state index in [1.165, 1.54) is 0 Å². The van der Waals surface area contributed by atoms with Gasteiger partial charge in [0.25, 0.3) is 5.91 Å². The number of carbonyl (C=O) groups excluding carboxylic acids is 1. The van der Waals surface area contributed by atoms with Gasteiger partial charge in [-0.3, -0.25) is 4.79 Å². The maximum Gasteiger partial charge on any atom is 0.272 e. The van der Waals surface area contributed by atoms with Crippen LogP contribution in [0.5, 0.6) is 0 Å². The fourth-order valence-electron chi connectivity index (χ4n) is 4.57. The number of hydrogen-bond acceptors (Lipinski definition) is 4. The molecule has 5 rings (SSSR count). The monoisotopic (exact) mass is 566 g/mol. The molecule has 7 nitrogen and oxygen atoms in total. The van der Waals surface area contributed by atoms with Crippen molar-refractivity contribution in [3.8, 4) is 16.9 Å². The van der Waals surface area contributed by atoms with Crippen LogP contribution in [0.1, 0.15) is 41.7 Å². The molecule has 2 heterocycles. The number of nitrogens with one attached hydrogen (secondary N) is 1. The van der Waals surface area contributed by atoms with Gasteiger partial charge in [-0.05, 0) is 62.9 Å². The quantitative estimate of drug-likeness (QED) is 0.427. The lowest BCUT2D eigenvalue weighted by Crippen LogP contribution is -2.47.